The summed E-state index contributed by atoms with van der Waals surface area (Å²) in [7, 11) is 0. The molecule has 0 spiro atoms. The molecule has 1 aliphatic heterocycles. The van der Waals surface area contributed by atoms with E-state index in [0.717, 1.165) is 16.9 Å². The van der Waals surface area contributed by atoms with Gasteiger partial charge in [-0.2, -0.15) is 0 Å². The molecular formula is C18H19N3O3. The van der Waals surface area contributed by atoms with Crippen molar-refractivity contribution in [3.63, 3.8) is 0 Å². The molecule has 1 saturated heterocycles. The largest absolute Gasteiger partial charge is 0.489 e. The van der Waals surface area contributed by atoms with E-state index in [2.05, 4.69) is 16.0 Å². The lowest BCUT2D eigenvalue weighted by atomic mass is 10.2. The van der Waals surface area contributed by atoms with Crippen LogP contribution in [-0.4, -0.2) is 24.5 Å². The monoisotopic (exact) mass is 325 g/mol. The van der Waals surface area contributed by atoms with Crippen LogP contribution in [0.4, 0.5) is 4.79 Å². The fourth-order valence-electron chi connectivity index (χ4n) is 2.41. The Bertz CT molecular complexity index is 718. The minimum Gasteiger partial charge on any atom is -0.489 e. The molecule has 1 fully saturated rings. The van der Waals surface area contributed by atoms with Crippen molar-refractivity contribution in [2.75, 3.05) is 6.54 Å². The van der Waals surface area contributed by atoms with Gasteiger partial charge >= 0.3 is 6.03 Å². The highest BCUT2D eigenvalue weighted by Crippen LogP contribution is 2.15. The molecule has 3 N–H and O–H groups in total. The predicted molar refractivity (Wildman–Crippen MR) is 89.4 cm³/mol. The van der Waals surface area contributed by atoms with Gasteiger partial charge in [0.05, 0.1) is 0 Å². The highest BCUT2D eigenvalue weighted by Gasteiger charge is 2.26. The van der Waals surface area contributed by atoms with Crippen molar-refractivity contribution < 1.29 is 14.3 Å². The van der Waals surface area contributed by atoms with Crippen LogP contribution in [0.15, 0.2) is 54.6 Å². The first kappa shape index (κ1) is 15.9. The number of ether oxygens (including phenoxy) is 1. The molecule has 1 unspecified atom stereocenters. The number of carbonyl (C=O) groups excluding carboxylic acids is 2. The molecule has 3 rings (SSSR count). The van der Waals surface area contributed by atoms with E-state index in [-0.39, 0.29) is 11.9 Å². The molecule has 0 aliphatic carbocycles. The summed E-state index contributed by atoms with van der Waals surface area (Å²) in [4.78, 5) is 23.0. The van der Waals surface area contributed by atoms with E-state index in [1.807, 2.05) is 54.6 Å². The smallest absolute Gasteiger partial charge is 0.315 e. The maximum absolute atomic E-state index is 12.0. The Morgan fingerprint density at radius 2 is 1.92 bits per heavy atom. The summed E-state index contributed by atoms with van der Waals surface area (Å²) in [6.45, 7) is 1.19. The number of urea groups is 1. The fourth-order valence-corrected chi connectivity index (χ4v) is 2.41. The van der Waals surface area contributed by atoms with E-state index in [9.17, 15) is 9.59 Å². The van der Waals surface area contributed by atoms with Crippen LogP contribution in [0.5, 0.6) is 5.75 Å². The number of hydrogen-bond acceptors (Lipinski definition) is 3. The van der Waals surface area contributed by atoms with Gasteiger partial charge in [0, 0.05) is 13.1 Å². The van der Waals surface area contributed by atoms with E-state index < -0.39 is 6.04 Å². The van der Waals surface area contributed by atoms with Crippen molar-refractivity contribution in [2.45, 2.75) is 19.2 Å². The molecule has 124 valence electrons. The first-order chi connectivity index (χ1) is 11.7. The van der Waals surface area contributed by atoms with Crippen molar-refractivity contribution >= 4 is 11.9 Å². The Balaban J connectivity index is 1.51. The third-order valence-corrected chi connectivity index (χ3v) is 3.70. The first-order valence-electron chi connectivity index (χ1n) is 7.78. The molecule has 6 heteroatoms. The second-order valence-electron chi connectivity index (χ2n) is 5.55. The minimum atomic E-state index is -0.519. The molecular weight excluding hydrogens is 306 g/mol. The number of carbonyl (C=O) groups is 2. The van der Waals surface area contributed by atoms with Crippen molar-refractivity contribution in [1.82, 2.24) is 16.0 Å². The number of hydrogen-bond donors (Lipinski definition) is 3. The molecule has 3 amide bonds. The van der Waals surface area contributed by atoms with Crippen molar-refractivity contribution in [3.05, 3.63) is 65.7 Å². The summed E-state index contributed by atoms with van der Waals surface area (Å²) in [5, 5.41) is 7.93. The average Bonchev–Trinajstić information content (AvgIpc) is 3.06. The number of amides is 3. The second-order valence-corrected chi connectivity index (χ2v) is 5.55. The second kappa shape index (κ2) is 7.50. The zero-order chi connectivity index (χ0) is 16.8. The van der Waals surface area contributed by atoms with Gasteiger partial charge in [0.25, 0.3) is 0 Å². The Labute approximate surface area is 140 Å². The molecule has 1 atom stereocenters. The van der Waals surface area contributed by atoms with Gasteiger partial charge in [0.1, 0.15) is 18.4 Å². The van der Waals surface area contributed by atoms with Crippen molar-refractivity contribution in [2.24, 2.45) is 0 Å². The quantitative estimate of drug-likeness (QED) is 0.754. The first-order valence-corrected chi connectivity index (χ1v) is 7.78. The Morgan fingerprint density at radius 3 is 2.67 bits per heavy atom. The summed E-state index contributed by atoms with van der Waals surface area (Å²) < 4.78 is 5.77. The molecule has 2 aromatic rings. The fraction of sp³-hybridized carbons (Fsp3) is 0.222. The number of rotatable bonds is 6. The highest BCUT2D eigenvalue weighted by atomic mass is 16.5. The van der Waals surface area contributed by atoms with Gasteiger partial charge in [-0.05, 0) is 23.3 Å². The zero-order valence-corrected chi connectivity index (χ0v) is 13.1. The van der Waals surface area contributed by atoms with E-state index >= 15 is 0 Å². The third kappa shape index (κ3) is 4.25. The van der Waals surface area contributed by atoms with Crippen LogP contribution in [-0.2, 0) is 17.9 Å². The zero-order valence-electron chi connectivity index (χ0n) is 13.1. The topological polar surface area (TPSA) is 79.5 Å². The molecule has 2 aromatic carbocycles. The number of nitrogens with one attached hydrogen (secondary N) is 3. The van der Waals surface area contributed by atoms with Gasteiger partial charge in [-0.1, -0.05) is 42.5 Å². The van der Waals surface area contributed by atoms with Crippen LogP contribution in [0.25, 0.3) is 0 Å². The summed E-state index contributed by atoms with van der Waals surface area (Å²) in [5.74, 6) is 0.547. The average molecular weight is 325 g/mol. The third-order valence-electron chi connectivity index (χ3n) is 3.70. The van der Waals surface area contributed by atoms with Gasteiger partial charge < -0.3 is 20.7 Å². The minimum absolute atomic E-state index is 0.205. The summed E-state index contributed by atoms with van der Waals surface area (Å²) >= 11 is 0. The van der Waals surface area contributed by atoms with E-state index in [1.165, 1.54) is 0 Å². The van der Waals surface area contributed by atoms with Crippen LogP contribution >= 0.6 is 0 Å². The lowest BCUT2D eigenvalue weighted by Crippen LogP contribution is -2.42. The van der Waals surface area contributed by atoms with Crippen LogP contribution in [0.2, 0.25) is 0 Å². The Hall–Kier alpha value is -3.02. The van der Waals surface area contributed by atoms with E-state index in [0.29, 0.717) is 19.7 Å². The SMILES string of the molecule is O=C1NCC(C(=O)NCc2cccc(OCc3ccccc3)c2)N1. The van der Waals surface area contributed by atoms with E-state index in [4.69, 9.17) is 4.74 Å². The molecule has 0 aromatic heterocycles. The molecule has 24 heavy (non-hydrogen) atoms. The van der Waals surface area contributed by atoms with Gasteiger partial charge in [-0.15, -0.1) is 0 Å². The molecule has 1 aliphatic rings. The lowest BCUT2D eigenvalue weighted by Gasteiger charge is -2.11. The Morgan fingerprint density at radius 1 is 1.12 bits per heavy atom. The standard InChI is InChI=1S/C18H19N3O3/c22-17(16-11-20-18(23)21-16)19-10-14-7-4-8-15(9-14)24-12-13-5-2-1-3-6-13/h1-9,16H,10-12H2,(H,19,22)(H2,20,21,23). The Kier molecular flexibility index (Phi) is 4.96. The molecule has 1 heterocycles. The molecule has 6 nitrogen and oxygen atoms in total. The van der Waals surface area contributed by atoms with Gasteiger partial charge in [-0.3, -0.25) is 4.79 Å². The van der Waals surface area contributed by atoms with Gasteiger partial charge in [0.15, 0.2) is 0 Å². The van der Waals surface area contributed by atoms with Gasteiger partial charge in [-0.25, -0.2) is 4.79 Å². The summed E-state index contributed by atoms with van der Waals surface area (Å²) in [6, 6.07) is 16.7. The highest BCUT2D eigenvalue weighted by molar-refractivity contribution is 5.90. The van der Waals surface area contributed by atoms with E-state index in [1.54, 1.807) is 0 Å². The molecule has 0 bridgehead atoms. The van der Waals surface area contributed by atoms with Crippen LogP contribution < -0.4 is 20.7 Å². The van der Waals surface area contributed by atoms with Gasteiger partial charge in [0.2, 0.25) is 5.91 Å². The predicted octanol–water partition coefficient (Wildman–Crippen LogP) is 1.56. The van der Waals surface area contributed by atoms with Crippen LogP contribution in [0.3, 0.4) is 0 Å². The summed E-state index contributed by atoms with van der Waals surface area (Å²) in [6.07, 6.45) is 0. The lowest BCUT2D eigenvalue weighted by molar-refractivity contribution is -0.122. The van der Waals surface area contributed by atoms with Crippen LogP contribution in [0.1, 0.15) is 11.1 Å². The molecule has 0 radical (unpaired) electrons. The normalized spacial score (nSPS) is 16.2. The maximum Gasteiger partial charge on any atom is 0.315 e. The summed E-state index contributed by atoms with van der Waals surface area (Å²) in [5.41, 5.74) is 2.03. The molecule has 0 saturated carbocycles. The van der Waals surface area contributed by atoms with Crippen molar-refractivity contribution in [3.8, 4) is 5.75 Å². The number of benzene rings is 2. The van der Waals surface area contributed by atoms with Crippen LogP contribution in [0, 0.1) is 0 Å². The van der Waals surface area contributed by atoms with Crippen molar-refractivity contribution in [1.29, 1.82) is 0 Å². The maximum atomic E-state index is 12.0.